The number of amides is 2. The molecule has 2 N–H and O–H groups in total. The minimum Gasteiger partial charge on any atom is -0.497 e. The van der Waals surface area contributed by atoms with E-state index in [9.17, 15) is 9.59 Å². The van der Waals surface area contributed by atoms with Crippen LogP contribution in [0.1, 0.15) is 18.9 Å². The summed E-state index contributed by atoms with van der Waals surface area (Å²) in [5.74, 6) is 0.672. The summed E-state index contributed by atoms with van der Waals surface area (Å²) in [7, 11) is 1.61. The lowest BCUT2D eigenvalue weighted by Gasteiger charge is -2.15. The Kier molecular flexibility index (Phi) is 6.68. The molecule has 0 unspecified atom stereocenters. The van der Waals surface area contributed by atoms with Crippen molar-refractivity contribution in [3.63, 3.8) is 0 Å². The van der Waals surface area contributed by atoms with E-state index >= 15 is 0 Å². The van der Waals surface area contributed by atoms with E-state index < -0.39 is 12.0 Å². The number of benzene rings is 3. The summed E-state index contributed by atoms with van der Waals surface area (Å²) < 4.78 is 10.8. The number of carbonyl (C=O) groups excluding carboxylic acids is 2. The van der Waals surface area contributed by atoms with Crippen molar-refractivity contribution in [1.29, 1.82) is 0 Å². The summed E-state index contributed by atoms with van der Waals surface area (Å²) in [6.45, 7) is 1.63. The number of rotatable bonds is 7. The number of hydrogen-bond acceptors (Lipinski definition) is 4. The highest BCUT2D eigenvalue weighted by Crippen LogP contribution is 2.21. The van der Waals surface area contributed by atoms with Crippen molar-refractivity contribution in [2.75, 3.05) is 7.11 Å². The summed E-state index contributed by atoms with van der Waals surface area (Å²) in [6.07, 6.45) is 0.0690. The molecule has 6 nitrogen and oxygen atoms in total. The molecule has 2 amide bonds. The van der Waals surface area contributed by atoms with E-state index in [0.717, 1.165) is 22.1 Å². The van der Waals surface area contributed by atoms with Gasteiger partial charge in [0.05, 0.1) is 7.11 Å². The van der Waals surface area contributed by atoms with Gasteiger partial charge in [-0.1, -0.05) is 42.5 Å². The molecule has 0 bridgehead atoms. The van der Waals surface area contributed by atoms with Gasteiger partial charge in [-0.2, -0.15) is 0 Å². The second-order valence-corrected chi connectivity index (χ2v) is 6.65. The number of hydrazine groups is 1. The minimum atomic E-state index is -0.752. The fourth-order valence-electron chi connectivity index (χ4n) is 2.84. The van der Waals surface area contributed by atoms with Crippen LogP contribution in [0.2, 0.25) is 0 Å². The van der Waals surface area contributed by atoms with Gasteiger partial charge in [-0.15, -0.1) is 0 Å². The largest absolute Gasteiger partial charge is 0.497 e. The maximum atomic E-state index is 12.2. The zero-order valence-electron chi connectivity index (χ0n) is 16.5. The van der Waals surface area contributed by atoms with Crippen molar-refractivity contribution < 1.29 is 19.1 Å². The Labute approximate surface area is 169 Å². The zero-order chi connectivity index (χ0) is 20.6. The molecular formula is C23H24N2O4. The molecule has 150 valence electrons. The topological polar surface area (TPSA) is 76.7 Å². The number of methoxy groups -OCH3 is 1. The highest BCUT2D eigenvalue weighted by molar-refractivity contribution is 5.85. The van der Waals surface area contributed by atoms with Crippen molar-refractivity contribution in [1.82, 2.24) is 10.9 Å². The number of hydrogen-bond donors (Lipinski definition) is 2. The molecule has 0 aliphatic heterocycles. The molecule has 0 radical (unpaired) electrons. The van der Waals surface area contributed by atoms with Crippen LogP contribution in [0.3, 0.4) is 0 Å². The molecule has 0 saturated carbocycles. The molecule has 3 rings (SSSR count). The van der Waals surface area contributed by atoms with Gasteiger partial charge in [-0.05, 0) is 53.9 Å². The van der Waals surface area contributed by atoms with Crippen molar-refractivity contribution in [2.24, 2.45) is 0 Å². The predicted octanol–water partition coefficient (Wildman–Crippen LogP) is 3.40. The molecule has 29 heavy (non-hydrogen) atoms. The lowest BCUT2D eigenvalue weighted by molar-refractivity contribution is -0.132. The second kappa shape index (κ2) is 9.59. The summed E-state index contributed by atoms with van der Waals surface area (Å²) in [4.78, 5) is 24.2. The number of aryl methyl sites for hydroxylation is 1. The average Bonchev–Trinajstić information content (AvgIpc) is 2.76. The highest BCUT2D eigenvalue weighted by atomic mass is 16.5. The van der Waals surface area contributed by atoms with Crippen molar-refractivity contribution in [3.8, 4) is 11.5 Å². The fraction of sp³-hybridized carbons (Fsp3) is 0.217. The molecule has 0 fully saturated rings. The standard InChI is InChI=1S/C23H24N2O4/c1-16(29-21-13-10-18-5-3-4-6-19(18)15-21)23(27)25-24-22(26)14-9-17-7-11-20(28-2)12-8-17/h3-8,10-13,15-16H,9,14H2,1-2H3,(H,24,26)(H,25,27)/t16-/m0/s1. The Bertz CT molecular complexity index is 986. The summed E-state index contributed by atoms with van der Waals surface area (Å²) in [6, 6.07) is 21.1. The smallest absolute Gasteiger partial charge is 0.279 e. The molecule has 0 aromatic heterocycles. The van der Waals surface area contributed by atoms with Crippen molar-refractivity contribution in [2.45, 2.75) is 25.9 Å². The Morgan fingerprint density at radius 3 is 2.31 bits per heavy atom. The first-order valence-corrected chi connectivity index (χ1v) is 9.42. The molecule has 0 aliphatic carbocycles. The van der Waals surface area contributed by atoms with Crippen LogP contribution < -0.4 is 20.3 Å². The van der Waals surface area contributed by atoms with E-state index in [-0.39, 0.29) is 12.3 Å². The lowest BCUT2D eigenvalue weighted by atomic mass is 10.1. The fourth-order valence-corrected chi connectivity index (χ4v) is 2.84. The van der Waals surface area contributed by atoms with Gasteiger partial charge < -0.3 is 9.47 Å². The van der Waals surface area contributed by atoms with Crippen LogP contribution in [0.5, 0.6) is 11.5 Å². The van der Waals surface area contributed by atoms with Gasteiger partial charge in [0.15, 0.2) is 6.10 Å². The second-order valence-electron chi connectivity index (χ2n) is 6.65. The number of nitrogens with one attached hydrogen (secondary N) is 2. The van der Waals surface area contributed by atoms with Gasteiger partial charge in [0, 0.05) is 6.42 Å². The number of carbonyl (C=O) groups is 2. The van der Waals surface area contributed by atoms with Crippen molar-refractivity contribution >= 4 is 22.6 Å². The van der Waals surface area contributed by atoms with E-state index in [1.54, 1.807) is 14.0 Å². The van der Waals surface area contributed by atoms with Crippen LogP contribution in [-0.2, 0) is 16.0 Å². The van der Waals surface area contributed by atoms with E-state index in [0.29, 0.717) is 12.2 Å². The predicted molar refractivity (Wildman–Crippen MR) is 112 cm³/mol. The molecule has 0 saturated heterocycles. The Morgan fingerprint density at radius 1 is 0.897 bits per heavy atom. The molecule has 3 aromatic rings. The van der Waals surface area contributed by atoms with E-state index in [1.165, 1.54) is 0 Å². The monoisotopic (exact) mass is 392 g/mol. The Balaban J connectivity index is 1.44. The summed E-state index contributed by atoms with van der Waals surface area (Å²) in [5, 5.41) is 2.13. The summed E-state index contributed by atoms with van der Waals surface area (Å²) in [5.41, 5.74) is 5.85. The van der Waals surface area contributed by atoms with Crippen molar-refractivity contribution in [3.05, 3.63) is 72.3 Å². The Hall–Kier alpha value is -3.54. The van der Waals surface area contributed by atoms with Gasteiger partial charge in [0.25, 0.3) is 5.91 Å². The molecular weight excluding hydrogens is 368 g/mol. The van der Waals surface area contributed by atoms with Gasteiger partial charge in [-0.25, -0.2) is 0 Å². The molecule has 0 spiro atoms. The van der Waals surface area contributed by atoms with Crippen LogP contribution in [-0.4, -0.2) is 25.0 Å². The normalized spacial score (nSPS) is 11.5. The van der Waals surface area contributed by atoms with Crippen LogP contribution >= 0.6 is 0 Å². The molecule has 0 heterocycles. The Morgan fingerprint density at radius 2 is 1.59 bits per heavy atom. The maximum absolute atomic E-state index is 12.2. The maximum Gasteiger partial charge on any atom is 0.279 e. The first-order chi connectivity index (χ1) is 14.0. The first kappa shape index (κ1) is 20.2. The van der Waals surface area contributed by atoms with Gasteiger partial charge in [-0.3, -0.25) is 20.4 Å². The van der Waals surface area contributed by atoms with Gasteiger partial charge in [0.1, 0.15) is 11.5 Å². The SMILES string of the molecule is COc1ccc(CCC(=O)NNC(=O)[C@H](C)Oc2ccc3ccccc3c2)cc1. The quantitative estimate of drug-likeness (QED) is 0.604. The highest BCUT2D eigenvalue weighted by Gasteiger charge is 2.15. The van der Waals surface area contributed by atoms with Gasteiger partial charge in [0.2, 0.25) is 5.91 Å². The zero-order valence-corrected chi connectivity index (χ0v) is 16.5. The third-order valence-electron chi connectivity index (χ3n) is 4.53. The van der Waals surface area contributed by atoms with Gasteiger partial charge >= 0.3 is 0 Å². The molecule has 1 atom stereocenters. The third kappa shape index (κ3) is 5.72. The molecule has 3 aromatic carbocycles. The minimum absolute atomic E-state index is 0.256. The van der Waals surface area contributed by atoms with Crippen LogP contribution in [0.25, 0.3) is 10.8 Å². The lowest BCUT2D eigenvalue weighted by Crippen LogP contribution is -2.47. The van der Waals surface area contributed by atoms with E-state index in [2.05, 4.69) is 10.9 Å². The molecule has 6 heteroatoms. The number of ether oxygens (including phenoxy) is 2. The number of fused-ring (bicyclic) bond motifs is 1. The van der Waals surface area contributed by atoms with Crippen LogP contribution in [0.4, 0.5) is 0 Å². The molecule has 0 aliphatic rings. The van der Waals surface area contributed by atoms with Crippen LogP contribution in [0, 0.1) is 0 Å². The van der Waals surface area contributed by atoms with E-state index in [4.69, 9.17) is 9.47 Å². The van der Waals surface area contributed by atoms with Crippen LogP contribution in [0.15, 0.2) is 66.7 Å². The first-order valence-electron chi connectivity index (χ1n) is 9.42. The summed E-state index contributed by atoms with van der Waals surface area (Å²) >= 11 is 0. The van der Waals surface area contributed by atoms with E-state index in [1.807, 2.05) is 66.7 Å². The average molecular weight is 392 g/mol. The third-order valence-corrected chi connectivity index (χ3v) is 4.53.